The van der Waals surface area contributed by atoms with E-state index < -0.39 is 5.54 Å². The van der Waals surface area contributed by atoms with Gasteiger partial charge in [-0.2, -0.15) is 0 Å². The van der Waals surface area contributed by atoms with E-state index in [2.05, 4.69) is 11.8 Å². The van der Waals surface area contributed by atoms with Crippen LogP contribution in [0, 0.1) is 11.8 Å². The van der Waals surface area contributed by atoms with E-state index >= 15 is 0 Å². The molecule has 1 heterocycles. The number of piperidine rings is 1. The maximum Gasteiger partial charge on any atom is 0.327 e. The van der Waals surface area contributed by atoms with Crippen LogP contribution in [0.25, 0.3) is 0 Å². The summed E-state index contributed by atoms with van der Waals surface area (Å²) in [4.78, 5) is 14.3. The number of nitrogens with zero attached hydrogens (tertiary/aromatic N) is 1. The van der Waals surface area contributed by atoms with Gasteiger partial charge in [-0.05, 0) is 44.1 Å². The molecule has 0 aromatic carbocycles. The van der Waals surface area contributed by atoms with Gasteiger partial charge in [0.05, 0.1) is 7.11 Å². The van der Waals surface area contributed by atoms with Gasteiger partial charge in [-0.15, -0.1) is 0 Å². The largest absolute Gasteiger partial charge is 0.468 e. The third kappa shape index (κ3) is 2.86. The van der Waals surface area contributed by atoms with E-state index in [0.29, 0.717) is 12.5 Å². The van der Waals surface area contributed by atoms with Crippen molar-refractivity contribution in [3.05, 3.63) is 0 Å². The minimum absolute atomic E-state index is 0.233. The Morgan fingerprint density at radius 2 is 2.17 bits per heavy atom. The van der Waals surface area contributed by atoms with Crippen molar-refractivity contribution in [2.75, 3.05) is 26.7 Å². The summed E-state index contributed by atoms with van der Waals surface area (Å²) in [5, 5.41) is 0. The van der Waals surface area contributed by atoms with Crippen LogP contribution in [-0.4, -0.2) is 43.2 Å². The summed E-state index contributed by atoms with van der Waals surface area (Å²) >= 11 is 0. The number of methoxy groups -OCH3 is 1. The Labute approximate surface area is 110 Å². The van der Waals surface area contributed by atoms with Crippen LogP contribution in [0.3, 0.4) is 0 Å². The van der Waals surface area contributed by atoms with Gasteiger partial charge in [0.2, 0.25) is 0 Å². The topological polar surface area (TPSA) is 55.6 Å². The second-order valence-electron chi connectivity index (χ2n) is 5.96. The zero-order valence-electron chi connectivity index (χ0n) is 11.7. The van der Waals surface area contributed by atoms with Gasteiger partial charge < -0.3 is 15.4 Å². The third-order valence-corrected chi connectivity index (χ3v) is 4.54. The molecule has 0 spiro atoms. The smallest absolute Gasteiger partial charge is 0.327 e. The number of hydrogen-bond acceptors (Lipinski definition) is 4. The second kappa shape index (κ2) is 5.57. The van der Waals surface area contributed by atoms with Crippen molar-refractivity contribution in [3.63, 3.8) is 0 Å². The molecule has 2 fully saturated rings. The molecular formula is C14H26N2O2. The first-order chi connectivity index (χ1) is 8.60. The lowest BCUT2D eigenvalue weighted by molar-refractivity contribution is -0.149. The van der Waals surface area contributed by atoms with Gasteiger partial charge in [-0.1, -0.05) is 13.3 Å². The fraction of sp³-hybridized carbons (Fsp3) is 0.929. The highest BCUT2D eigenvalue weighted by molar-refractivity contribution is 5.81. The number of ether oxygens (including phenoxy) is 1. The van der Waals surface area contributed by atoms with Crippen LogP contribution in [0.2, 0.25) is 0 Å². The van der Waals surface area contributed by atoms with Crippen molar-refractivity contribution >= 4 is 5.97 Å². The van der Waals surface area contributed by atoms with Crippen LogP contribution < -0.4 is 5.73 Å². The summed E-state index contributed by atoms with van der Waals surface area (Å²) in [5.41, 5.74) is 5.59. The van der Waals surface area contributed by atoms with Crippen LogP contribution in [-0.2, 0) is 9.53 Å². The first kappa shape index (κ1) is 13.8. The molecule has 1 saturated carbocycles. The Bertz CT molecular complexity index is 304. The molecule has 2 rings (SSSR count). The minimum atomic E-state index is -0.773. The predicted molar refractivity (Wildman–Crippen MR) is 71.1 cm³/mol. The molecule has 4 nitrogen and oxygen atoms in total. The molecule has 4 heteroatoms. The lowest BCUT2D eigenvalue weighted by Crippen LogP contribution is -2.59. The van der Waals surface area contributed by atoms with E-state index in [1.54, 1.807) is 0 Å². The average Bonchev–Trinajstić information content (AvgIpc) is 3.22. The SMILES string of the molecule is CCC1CCCN(CC(N)(C(=O)OC)C2CC2)C1. The van der Waals surface area contributed by atoms with Gasteiger partial charge in [0.1, 0.15) is 5.54 Å². The van der Waals surface area contributed by atoms with Gasteiger partial charge in [-0.3, -0.25) is 4.79 Å². The molecule has 18 heavy (non-hydrogen) atoms. The van der Waals surface area contributed by atoms with Gasteiger partial charge in [0.15, 0.2) is 0 Å². The zero-order valence-corrected chi connectivity index (χ0v) is 11.7. The molecule has 104 valence electrons. The average molecular weight is 254 g/mol. The number of rotatable bonds is 5. The Morgan fingerprint density at radius 1 is 1.44 bits per heavy atom. The van der Waals surface area contributed by atoms with Crippen molar-refractivity contribution in [1.82, 2.24) is 4.90 Å². The molecule has 2 atom stereocenters. The molecule has 0 bridgehead atoms. The number of nitrogens with two attached hydrogens (primary N) is 1. The summed E-state index contributed by atoms with van der Waals surface area (Å²) in [5.74, 6) is 0.857. The van der Waals surface area contributed by atoms with Crippen molar-refractivity contribution in [1.29, 1.82) is 0 Å². The Morgan fingerprint density at radius 3 is 2.72 bits per heavy atom. The van der Waals surface area contributed by atoms with Gasteiger partial charge in [0, 0.05) is 13.1 Å². The molecule has 1 saturated heterocycles. The van der Waals surface area contributed by atoms with Gasteiger partial charge in [0.25, 0.3) is 0 Å². The predicted octanol–water partition coefficient (Wildman–Crippen LogP) is 1.39. The minimum Gasteiger partial charge on any atom is -0.468 e. The molecule has 2 N–H and O–H groups in total. The summed E-state index contributed by atoms with van der Waals surface area (Å²) in [7, 11) is 1.44. The van der Waals surface area contributed by atoms with E-state index in [9.17, 15) is 4.79 Å². The molecule has 1 aliphatic heterocycles. The lowest BCUT2D eigenvalue weighted by atomic mass is 9.90. The van der Waals surface area contributed by atoms with Crippen LogP contribution in [0.15, 0.2) is 0 Å². The first-order valence-corrected chi connectivity index (χ1v) is 7.19. The number of hydrogen-bond donors (Lipinski definition) is 1. The van der Waals surface area contributed by atoms with Crippen molar-refractivity contribution in [3.8, 4) is 0 Å². The third-order valence-electron chi connectivity index (χ3n) is 4.54. The van der Waals surface area contributed by atoms with E-state index in [1.165, 1.54) is 26.4 Å². The van der Waals surface area contributed by atoms with Crippen LogP contribution in [0.1, 0.15) is 39.0 Å². The second-order valence-corrected chi connectivity index (χ2v) is 5.96. The highest BCUT2D eigenvalue weighted by Gasteiger charge is 2.50. The molecule has 0 radical (unpaired) electrons. The maximum absolute atomic E-state index is 12.0. The standard InChI is InChI=1S/C14H26N2O2/c1-3-11-5-4-8-16(9-11)10-14(15,12-6-7-12)13(17)18-2/h11-12H,3-10,15H2,1-2H3. The van der Waals surface area contributed by atoms with E-state index in [-0.39, 0.29) is 5.97 Å². The molecular weight excluding hydrogens is 228 g/mol. The highest BCUT2D eigenvalue weighted by Crippen LogP contribution is 2.39. The Kier molecular flexibility index (Phi) is 4.28. The quantitative estimate of drug-likeness (QED) is 0.753. The van der Waals surface area contributed by atoms with Crippen molar-refractivity contribution in [2.45, 2.75) is 44.6 Å². The van der Waals surface area contributed by atoms with Crippen LogP contribution >= 0.6 is 0 Å². The van der Waals surface area contributed by atoms with Crippen LogP contribution in [0.5, 0.6) is 0 Å². The molecule has 2 unspecified atom stereocenters. The monoisotopic (exact) mass is 254 g/mol. The fourth-order valence-corrected chi connectivity index (χ4v) is 3.15. The molecule has 1 aliphatic carbocycles. The van der Waals surface area contributed by atoms with Gasteiger partial charge >= 0.3 is 5.97 Å². The normalized spacial score (nSPS) is 28.7. The first-order valence-electron chi connectivity index (χ1n) is 7.19. The summed E-state index contributed by atoms with van der Waals surface area (Å²) < 4.78 is 4.92. The molecule has 0 aromatic rings. The van der Waals surface area contributed by atoms with E-state index in [4.69, 9.17) is 10.5 Å². The molecule has 2 aliphatic rings. The highest BCUT2D eigenvalue weighted by atomic mass is 16.5. The number of esters is 1. The van der Waals surface area contributed by atoms with Crippen molar-refractivity contribution < 1.29 is 9.53 Å². The number of carbonyl (C=O) groups is 1. The summed E-state index contributed by atoms with van der Waals surface area (Å²) in [6, 6.07) is 0. The maximum atomic E-state index is 12.0. The van der Waals surface area contributed by atoms with E-state index in [0.717, 1.165) is 31.8 Å². The van der Waals surface area contributed by atoms with Gasteiger partial charge in [-0.25, -0.2) is 0 Å². The Balaban J connectivity index is 1.98. The number of carbonyl (C=O) groups excluding carboxylic acids is 1. The molecule has 0 aromatic heterocycles. The number of likely N-dealkylation sites (tertiary alicyclic amines) is 1. The summed E-state index contributed by atoms with van der Waals surface area (Å²) in [6.45, 7) is 5.06. The van der Waals surface area contributed by atoms with E-state index in [1.807, 2.05) is 0 Å². The lowest BCUT2D eigenvalue weighted by Gasteiger charge is -2.38. The summed E-state index contributed by atoms with van der Waals surface area (Å²) in [6.07, 6.45) is 5.88. The van der Waals surface area contributed by atoms with Crippen molar-refractivity contribution in [2.24, 2.45) is 17.6 Å². The Hall–Kier alpha value is -0.610. The molecule has 0 amide bonds. The van der Waals surface area contributed by atoms with Crippen LogP contribution in [0.4, 0.5) is 0 Å². The fourth-order valence-electron chi connectivity index (χ4n) is 3.15. The zero-order chi connectivity index (χ0) is 13.2.